The number of aromatic nitrogens is 2. The molecule has 1 N–H and O–H groups in total. The van der Waals surface area contributed by atoms with Crippen molar-refractivity contribution in [2.75, 3.05) is 19.7 Å². The van der Waals surface area contributed by atoms with Gasteiger partial charge in [-0.05, 0) is 49.6 Å². The molecule has 2 saturated heterocycles. The van der Waals surface area contributed by atoms with Gasteiger partial charge in [0.25, 0.3) is 11.5 Å². The molecule has 0 aromatic carbocycles. The number of amides is 1. The number of nitrogens with one attached hydrogen (secondary N) is 1. The van der Waals surface area contributed by atoms with Gasteiger partial charge in [-0.15, -0.1) is 11.3 Å². The quantitative estimate of drug-likeness (QED) is 0.810. The Bertz CT molecular complexity index is 995. The van der Waals surface area contributed by atoms with Gasteiger partial charge in [-0.1, -0.05) is 0 Å². The van der Waals surface area contributed by atoms with Crippen molar-refractivity contribution in [3.63, 3.8) is 0 Å². The van der Waals surface area contributed by atoms with Crippen LogP contribution < -0.4 is 5.56 Å². The maximum absolute atomic E-state index is 12.9. The van der Waals surface area contributed by atoms with Crippen molar-refractivity contribution in [2.24, 2.45) is 0 Å². The first kappa shape index (κ1) is 19.9. The molecule has 5 heterocycles. The lowest BCUT2D eigenvalue weighted by Crippen LogP contribution is -2.40. The molecule has 2 atom stereocenters. The van der Waals surface area contributed by atoms with Crippen LogP contribution in [0.25, 0.3) is 0 Å². The summed E-state index contributed by atoms with van der Waals surface area (Å²) < 4.78 is 5.60. The molecular formula is C22H28N4O3S. The van der Waals surface area contributed by atoms with Gasteiger partial charge in [-0.2, -0.15) is 0 Å². The van der Waals surface area contributed by atoms with Crippen LogP contribution >= 0.6 is 11.3 Å². The standard InChI is InChI=1S/C22H28N4O3S/c1-14-7-11-30-19(14)13-25-9-6-16-15(12-25)21(27)24-20(23-16)17-4-2-8-26(17)22(28)18-5-3-10-29-18/h7,11,17-18H,2-6,8-10,12-13H2,1H3,(H,23,24,27)/t17-,18-/m1/s1. The molecule has 3 aliphatic heterocycles. The van der Waals surface area contributed by atoms with E-state index in [-0.39, 0.29) is 23.6 Å². The minimum Gasteiger partial charge on any atom is -0.368 e. The Morgan fingerprint density at radius 2 is 2.23 bits per heavy atom. The van der Waals surface area contributed by atoms with Gasteiger partial charge in [0.05, 0.1) is 17.3 Å². The highest BCUT2D eigenvalue weighted by atomic mass is 32.1. The fourth-order valence-electron chi connectivity index (χ4n) is 4.83. The smallest absolute Gasteiger partial charge is 0.255 e. The molecule has 7 nitrogen and oxygen atoms in total. The van der Waals surface area contributed by atoms with Crippen LogP contribution in [0, 0.1) is 6.92 Å². The van der Waals surface area contributed by atoms with Crippen LogP contribution in [0.3, 0.4) is 0 Å². The first-order chi connectivity index (χ1) is 14.6. The van der Waals surface area contributed by atoms with E-state index in [1.807, 2.05) is 4.90 Å². The fraction of sp³-hybridized carbons (Fsp3) is 0.591. The van der Waals surface area contributed by atoms with Crippen molar-refractivity contribution in [3.8, 4) is 0 Å². The second-order valence-electron chi connectivity index (χ2n) is 8.56. The van der Waals surface area contributed by atoms with E-state index in [1.54, 1.807) is 11.3 Å². The van der Waals surface area contributed by atoms with Crippen molar-refractivity contribution in [2.45, 2.75) is 64.3 Å². The van der Waals surface area contributed by atoms with Gasteiger partial charge in [0.15, 0.2) is 0 Å². The number of rotatable bonds is 4. The molecule has 2 fully saturated rings. The SMILES string of the molecule is Cc1ccsc1CN1CCc2nc([C@H]3CCCN3C(=O)[C@H]3CCCO3)[nH]c(=O)c2C1. The average molecular weight is 429 g/mol. The Hall–Kier alpha value is -2.03. The molecule has 1 amide bonds. The number of nitrogens with zero attached hydrogens (tertiary/aromatic N) is 3. The predicted octanol–water partition coefficient (Wildman–Crippen LogP) is 2.54. The molecule has 2 aromatic heterocycles. The minimum absolute atomic E-state index is 0.0489. The van der Waals surface area contributed by atoms with Crippen LogP contribution in [0.5, 0.6) is 0 Å². The highest BCUT2D eigenvalue weighted by molar-refractivity contribution is 7.10. The Kier molecular flexibility index (Phi) is 5.47. The molecule has 0 spiro atoms. The number of H-pyrrole nitrogens is 1. The second-order valence-corrected chi connectivity index (χ2v) is 9.56. The van der Waals surface area contributed by atoms with Crippen molar-refractivity contribution < 1.29 is 9.53 Å². The Morgan fingerprint density at radius 1 is 1.33 bits per heavy atom. The van der Waals surface area contributed by atoms with Gasteiger partial charge >= 0.3 is 0 Å². The summed E-state index contributed by atoms with van der Waals surface area (Å²) in [4.78, 5) is 39.3. The van der Waals surface area contributed by atoms with Crippen molar-refractivity contribution in [1.82, 2.24) is 19.8 Å². The van der Waals surface area contributed by atoms with Crippen molar-refractivity contribution >= 4 is 17.2 Å². The number of carbonyl (C=O) groups excluding carboxylic acids is 1. The van der Waals surface area contributed by atoms with Gasteiger partial charge in [0.2, 0.25) is 0 Å². The third-order valence-electron chi connectivity index (χ3n) is 6.56. The molecule has 30 heavy (non-hydrogen) atoms. The van der Waals surface area contributed by atoms with E-state index in [0.717, 1.165) is 56.5 Å². The van der Waals surface area contributed by atoms with Crippen LogP contribution in [0.4, 0.5) is 0 Å². The van der Waals surface area contributed by atoms with E-state index < -0.39 is 0 Å². The minimum atomic E-state index is -0.329. The highest BCUT2D eigenvalue weighted by Crippen LogP contribution is 2.32. The zero-order valence-electron chi connectivity index (χ0n) is 17.4. The highest BCUT2D eigenvalue weighted by Gasteiger charge is 2.37. The molecule has 5 rings (SSSR count). The summed E-state index contributed by atoms with van der Waals surface area (Å²) >= 11 is 1.77. The average Bonchev–Trinajstić information content (AvgIpc) is 3.50. The maximum Gasteiger partial charge on any atom is 0.255 e. The molecule has 0 saturated carbocycles. The summed E-state index contributed by atoms with van der Waals surface area (Å²) in [7, 11) is 0. The third kappa shape index (κ3) is 3.72. The molecule has 160 valence electrons. The summed E-state index contributed by atoms with van der Waals surface area (Å²) in [6.07, 6.45) is 3.93. The number of hydrogen-bond acceptors (Lipinski definition) is 6. The zero-order valence-corrected chi connectivity index (χ0v) is 18.2. The fourth-order valence-corrected chi connectivity index (χ4v) is 5.78. The lowest BCUT2D eigenvalue weighted by molar-refractivity contribution is -0.142. The number of ether oxygens (including phenoxy) is 1. The molecule has 0 aliphatic carbocycles. The largest absolute Gasteiger partial charge is 0.368 e. The topological polar surface area (TPSA) is 78.5 Å². The van der Waals surface area contributed by atoms with Gasteiger partial charge in [-0.25, -0.2) is 4.98 Å². The maximum atomic E-state index is 12.9. The first-order valence-corrected chi connectivity index (χ1v) is 11.8. The lowest BCUT2D eigenvalue weighted by Gasteiger charge is -2.29. The van der Waals surface area contributed by atoms with Gasteiger partial charge in [0.1, 0.15) is 11.9 Å². The van der Waals surface area contributed by atoms with Crippen LogP contribution in [-0.2, 0) is 29.0 Å². The van der Waals surface area contributed by atoms with Crippen LogP contribution in [0.2, 0.25) is 0 Å². The summed E-state index contributed by atoms with van der Waals surface area (Å²) in [6, 6.07) is 2.00. The Labute approximate surface area is 180 Å². The van der Waals surface area contributed by atoms with Gasteiger partial charge < -0.3 is 14.6 Å². The second kappa shape index (κ2) is 8.24. The number of hydrogen-bond donors (Lipinski definition) is 1. The van der Waals surface area contributed by atoms with Crippen LogP contribution in [0.15, 0.2) is 16.2 Å². The zero-order chi connectivity index (χ0) is 20.7. The molecule has 8 heteroatoms. The van der Waals surface area contributed by atoms with E-state index >= 15 is 0 Å². The van der Waals surface area contributed by atoms with Crippen LogP contribution in [-0.4, -0.2) is 51.5 Å². The third-order valence-corrected chi connectivity index (χ3v) is 7.57. The molecule has 0 radical (unpaired) electrons. The molecular weight excluding hydrogens is 400 g/mol. The molecule has 0 unspecified atom stereocenters. The Balaban J connectivity index is 1.35. The van der Waals surface area contributed by atoms with Gasteiger partial charge in [0, 0.05) is 44.1 Å². The number of aryl methyl sites for hydroxylation is 1. The first-order valence-electron chi connectivity index (χ1n) is 10.9. The lowest BCUT2D eigenvalue weighted by atomic mass is 10.1. The number of likely N-dealkylation sites (tertiary alicyclic amines) is 1. The van der Waals surface area contributed by atoms with E-state index in [9.17, 15) is 9.59 Å². The van der Waals surface area contributed by atoms with E-state index in [4.69, 9.17) is 9.72 Å². The van der Waals surface area contributed by atoms with E-state index in [0.29, 0.717) is 25.5 Å². The number of aromatic amines is 1. The molecule has 0 bridgehead atoms. The van der Waals surface area contributed by atoms with Gasteiger partial charge in [-0.3, -0.25) is 14.5 Å². The monoisotopic (exact) mass is 428 g/mol. The summed E-state index contributed by atoms with van der Waals surface area (Å²) in [5.74, 6) is 0.693. The van der Waals surface area contributed by atoms with Crippen molar-refractivity contribution in [3.05, 3.63) is 49.3 Å². The van der Waals surface area contributed by atoms with E-state index in [1.165, 1.54) is 10.4 Å². The molecule has 2 aromatic rings. The predicted molar refractivity (Wildman–Crippen MR) is 114 cm³/mol. The number of fused-ring (bicyclic) bond motifs is 1. The summed E-state index contributed by atoms with van der Waals surface area (Å²) in [5, 5.41) is 2.12. The summed E-state index contributed by atoms with van der Waals surface area (Å²) in [6.45, 7) is 5.89. The number of thiophene rings is 1. The van der Waals surface area contributed by atoms with Crippen molar-refractivity contribution in [1.29, 1.82) is 0 Å². The number of carbonyl (C=O) groups is 1. The van der Waals surface area contributed by atoms with Crippen LogP contribution in [0.1, 0.15) is 59.2 Å². The molecule has 3 aliphatic rings. The summed E-state index contributed by atoms with van der Waals surface area (Å²) in [5.41, 5.74) is 2.92. The van der Waals surface area contributed by atoms with E-state index in [2.05, 4.69) is 28.3 Å². The Morgan fingerprint density at radius 3 is 3.00 bits per heavy atom. The normalized spacial score (nSPS) is 24.4.